The van der Waals surface area contributed by atoms with Crippen molar-refractivity contribution >= 4 is 52.3 Å². The first-order valence-electron chi connectivity index (χ1n) is 22.3. The molecule has 2 aromatic heterocycles. The number of nitriles is 1. The highest BCUT2D eigenvalue weighted by molar-refractivity contribution is 7.81. The smallest absolute Gasteiger partial charge is 0.419 e. The van der Waals surface area contributed by atoms with Crippen molar-refractivity contribution in [2.24, 2.45) is 5.41 Å². The number of aliphatic hydroxyl groups is 1. The minimum absolute atomic E-state index is 0.0471. The Labute approximate surface area is 402 Å². The molecule has 6 rings (SSSR count). The van der Waals surface area contributed by atoms with Crippen molar-refractivity contribution in [3.05, 3.63) is 90.2 Å². The van der Waals surface area contributed by atoms with Gasteiger partial charge in [-0.05, 0) is 86.6 Å². The van der Waals surface area contributed by atoms with Gasteiger partial charge in [0.2, 0.25) is 17.7 Å². The number of ether oxygens (including phenoxy) is 3. The molecular formula is C48H55F3N8O9S. The minimum Gasteiger partial charge on any atom is -0.494 e. The number of hydrogen-bond donors (Lipinski definition) is 3. The van der Waals surface area contributed by atoms with E-state index in [0.29, 0.717) is 62.3 Å². The summed E-state index contributed by atoms with van der Waals surface area (Å²) >= 11 is 5.59. The number of aromatic nitrogens is 2. The second-order valence-corrected chi connectivity index (χ2v) is 18.5. The van der Waals surface area contributed by atoms with Crippen LogP contribution in [0.4, 0.5) is 24.5 Å². The SMILES string of the molecule is CC(C)(C)[C@H](NC(=O)COCCCOCCCCOc1ccc(N2C(=S)N(c3cnc(C#N)c(C(F)(F)F)c3)C(=O)C2(C)C)cc1)C(=O)N1C[C@H](O)C[C@H]1C(=O)NCc1ccc(-c2cnco2)cc1. The summed E-state index contributed by atoms with van der Waals surface area (Å²) in [4.78, 5) is 65.1. The molecule has 4 amide bonds. The van der Waals surface area contributed by atoms with Crippen LogP contribution in [0, 0.1) is 16.7 Å². The highest BCUT2D eigenvalue weighted by Gasteiger charge is 2.51. The highest BCUT2D eigenvalue weighted by Crippen LogP contribution is 2.39. The maximum Gasteiger partial charge on any atom is 0.419 e. The summed E-state index contributed by atoms with van der Waals surface area (Å²) in [7, 11) is 0. The van der Waals surface area contributed by atoms with Crippen LogP contribution in [-0.2, 0) is 41.4 Å². The minimum atomic E-state index is -4.87. The number of halogens is 3. The van der Waals surface area contributed by atoms with Gasteiger partial charge in [0.15, 0.2) is 23.0 Å². The van der Waals surface area contributed by atoms with Crippen LogP contribution in [0.25, 0.3) is 11.3 Å². The average molecular weight is 977 g/mol. The van der Waals surface area contributed by atoms with Gasteiger partial charge >= 0.3 is 6.18 Å². The second-order valence-electron chi connectivity index (χ2n) is 18.1. The van der Waals surface area contributed by atoms with Crippen LogP contribution in [-0.4, -0.2) is 112 Å². The van der Waals surface area contributed by atoms with Gasteiger partial charge in [0, 0.05) is 50.6 Å². The zero-order chi connectivity index (χ0) is 50.1. The van der Waals surface area contributed by atoms with Gasteiger partial charge in [-0.15, -0.1) is 0 Å². The molecule has 0 aliphatic carbocycles. The maximum atomic E-state index is 13.9. The lowest BCUT2D eigenvalue weighted by Crippen LogP contribution is -2.58. The van der Waals surface area contributed by atoms with E-state index >= 15 is 0 Å². The molecule has 2 fully saturated rings. The monoisotopic (exact) mass is 976 g/mol. The van der Waals surface area contributed by atoms with E-state index in [0.717, 1.165) is 22.2 Å². The fourth-order valence-electron chi connectivity index (χ4n) is 7.83. The van der Waals surface area contributed by atoms with Crippen molar-refractivity contribution in [2.75, 3.05) is 49.4 Å². The number of carbonyl (C=O) groups excluding carboxylic acids is 4. The number of oxazole rings is 1. The first-order chi connectivity index (χ1) is 32.7. The summed E-state index contributed by atoms with van der Waals surface area (Å²) < 4.78 is 63.5. The summed E-state index contributed by atoms with van der Waals surface area (Å²) in [5.41, 5.74) is -2.08. The number of pyridine rings is 1. The Hall–Kier alpha value is -6.47. The Morgan fingerprint density at radius 2 is 1.67 bits per heavy atom. The van der Waals surface area contributed by atoms with Crippen LogP contribution >= 0.6 is 12.2 Å². The molecular weight excluding hydrogens is 922 g/mol. The van der Waals surface area contributed by atoms with Gasteiger partial charge in [-0.3, -0.25) is 24.1 Å². The number of thiocarbonyl (C=S) groups is 1. The normalized spacial score (nSPS) is 17.5. The molecule has 368 valence electrons. The number of amides is 4. The van der Waals surface area contributed by atoms with Crippen LogP contribution in [0.1, 0.15) is 77.1 Å². The van der Waals surface area contributed by atoms with Crippen molar-refractivity contribution in [1.29, 1.82) is 5.26 Å². The molecule has 69 heavy (non-hydrogen) atoms. The molecule has 0 unspecified atom stereocenters. The number of rotatable bonds is 20. The van der Waals surface area contributed by atoms with Crippen LogP contribution in [0.5, 0.6) is 5.75 Å². The molecule has 4 heterocycles. The van der Waals surface area contributed by atoms with Crippen molar-refractivity contribution in [3.63, 3.8) is 0 Å². The molecule has 0 bridgehead atoms. The number of β-amino-alcohol motifs (C(OH)–C–C–N with tert-alkyl or cyclic N) is 1. The molecule has 4 aromatic rings. The number of likely N-dealkylation sites (tertiary alicyclic amines) is 1. The molecule has 0 saturated carbocycles. The van der Waals surface area contributed by atoms with Crippen LogP contribution in [0.15, 0.2) is 77.8 Å². The molecule has 17 nitrogen and oxygen atoms in total. The first kappa shape index (κ1) is 51.9. The molecule has 21 heteroatoms. The number of alkyl halides is 3. The Morgan fingerprint density at radius 1 is 0.986 bits per heavy atom. The zero-order valence-electron chi connectivity index (χ0n) is 38.9. The van der Waals surface area contributed by atoms with E-state index in [2.05, 4.69) is 20.6 Å². The third kappa shape index (κ3) is 12.8. The molecule has 2 aliphatic heterocycles. The van der Waals surface area contributed by atoms with Crippen LogP contribution in [0.3, 0.4) is 0 Å². The van der Waals surface area contributed by atoms with E-state index in [1.54, 1.807) is 65.1 Å². The van der Waals surface area contributed by atoms with E-state index in [-0.39, 0.29) is 43.5 Å². The Kier molecular flexibility index (Phi) is 16.8. The molecule has 0 spiro atoms. The van der Waals surface area contributed by atoms with E-state index in [4.69, 9.17) is 36.1 Å². The third-order valence-corrected chi connectivity index (χ3v) is 11.9. The molecule has 0 radical (unpaired) electrons. The predicted molar refractivity (Wildman–Crippen MR) is 249 cm³/mol. The lowest BCUT2D eigenvalue weighted by Gasteiger charge is -2.35. The Morgan fingerprint density at radius 3 is 2.32 bits per heavy atom. The van der Waals surface area contributed by atoms with Gasteiger partial charge in [-0.1, -0.05) is 45.0 Å². The molecule has 2 aromatic carbocycles. The second kappa shape index (κ2) is 22.3. The summed E-state index contributed by atoms with van der Waals surface area (Å²) in [6.45, 7) is 9.97. The van der Waals surface area contributed by atoms with Crippen molar-refractivity contribution < 1.29 is 56.1 Å². The number of hydrogen-bond acceptors (Lipinski definition) is 13. The standard InChI is InChI=1S/C48H55F3N8O9S/c1-46(2,3)41(43(63)57-27-34(60)22-38(57)42(62)55-24-30-9-11-31(12-10-30)39-26-53-29-68-39)56-40(61)28-66-19-8-18-65-17-6-7-20-67-35-15-13-32(14-16-35)59-45(69)58(44(64)47(59,4)5)33-21-36(48(49,50)51)37(23-52)54-25-33/h9-16,21,25-26,29,34,38,41,60H,6-8,17-20,22,24,27-28H2,1-5H3,(H,55,62)(H,56,61)/t34-,38+,41-/m1/s1. The fourth-order valence-corrected chi connectivity index (χ4v) is 8.35. The highest BCUT2D eigenvalue weighted by atomic mass is 32.1. The van der Waals surface area contributed by atoms with E-state index in [9.17, 15) is 37.5 Å². The van der Waals surface area contributed by atoms with Crippen LogP contribution < -0.4 is 25.2 Å². The largest absolute Gasteiger partial charge is 0.494 e. The van der Waals surface area contributed by atoms with Crippen molar-refractivity contribution in [3.8, 4) is 23.1 Å². The zero-order valence-corrected chi connectivity index (χ0v) is 39.7. The topological polar surface area (TPSA) is 213 Å². The van der Waals surface area contributed by atoms with Gasteiger partial charge in [0.25, 0.3) is 5.91 Å². The summed E-state index contributed by atoms with van der Waals surface area (Å²) in [6, 6.07) is 14.4. The summed E-state index contributed by atoms with van der Waals surface area (Å²) in [6.07, 6.45) is 0.167. The van der Waals surface area contributed by atoms with Gasteiger partial charge in [-0.25, -0.2) is 9.97 Å². The van der Waals surface area contributed by atoms with Crippen LogP contribution in [0.2, 0.25) is 0 Å². The quantitative estimate of drug-likeness (QED) is 0.0692. The lowest BCUT2D eigenvalue weighted by atomic mass is 9.85. The van der Waals surface area contributed by atoms with E-state index in [1.807, 2.05) is 24.3 Å². The van der Waals surface area contributed by atoms with Crippen molar-refractivity contribution in [2.45, 2.75) is 96.7 Å². The number of benzene rings is 2. The molecule has 2 aliphatic rings. The third-order valence-electron chi connectivity index (χ3n) is 11.5. The number of nitrogens with one attached hydrogen (secondary N) is 2. The maximum absolute atomic E-state index is 13.9. The summed E-state index contributed by atoms with van der Waals surface area (Å²) in [5.74, 6) is -0.780. The van der Waals surface area contributed by atoms with Gasteiger partial charge in [0.05, 0.1) is 36.4 Å². The number of nitrogens with zero attached hydrogens (tertiary/aromatic N) is 6. The lowest BCUT2D eigenvalue weighted by molar-refractivity contribution is -0.144. The predicted octanol–water partition coefficient (Wildman–Crippen LogP) is 5.94. The summed E-state index contributed by atoms with van der Waals surface area (Å²) in [5, 5.41) is 25.2. The molecule has 3 N–H and O–H groups in total. The Bertz CT molecular complexity index is 2490. The molecule has 2 saturated heterocycles. The fraction of sp³-hybridized carbons (Fsp3) is 0.458. The van der Waals surface area contributed by atoms with Gasteiger partial charge in [-0.2, -0.15) is 18.4 Å². The number of carbonyl (C=O) groups is 4. The van der Waals surface area contributed by atoms with Gasteiger partial charge in [0.1, 0.15) is 36.0 Å². The number of unbranched alkanes of at least 4 members (excludes halogenated alkanes) is 1. The number of aliphatic hydroxyl groups excluding tert-OH is 1. The van der Waals surface area contributed by atoms with Crippen molar-refractivity contribution in [1.82, 2.24) is 25.5 Å². The average Bonchev–Trinajstić information content (AvgIpc) is 4.03. The van der Waals surface area contributed by atoms with E-state index in [1.165, 1.54) is 22.3 Å². The number of anilines is 2. The Balaban J connectivity index is 0.865. The first-order valence-corrected chi connectivity index (χ1v) is 22.7. The van der Waals surface area contributed by atoms with Gasteiger partial charge < -0.3 is 44.2 Å². The van der Waals surface area contributed by atoms with E-state index < -0.39 is 70.2 Å². The molecule has 3 atom stereocenters.